The Morgan fingerprint density at radius 1 is 1.06 bits per heavy atom. The number of hydrogen-bond donors (Lipinski definition) is 1. The number of piperidine rings is 1. The van der Waals surface area contributed by atoms with Crippen LogP contribution < -0.4 is 10.2 Å². The molecule has 2 aromatic heterocycles. The van der Waals surface area contributed by atoms with Gasteiger partial charge in [-0.25, -0.2) is 9.31 Å². The first kappa shape index (κ1) is 22.4. The third-order valence-corrected chi connectivity index (χ3v) is 8.02. The molecule has 0 radical (unpaired) electrons. The number of nitrogens with one attached hydrogen (secondary N) is 1. The van der Waals surface area contributed by atoms with E-state index in [-0.39, 0.29) is 11.9 Å². The van der Waals surface area contributed by atoms with Crippen LogP contribution in [0.3, 0.4) is 0 Å². The third-order valence-electron chi connectivity index (χ3n) is 8.02. The molecule has 2 atom stereocenters. The van der Waals surface area contributed by atoms with Crippen molar-refractivity contribution in [3.63, 3.8) is 0 Å². The van der Waals surface area contributed by atoms with Crippen molar-refractivity contribution in [2.24, 2.45) is 11.8 Å². The Balaban J connectivity index is 1.22. The van der Waals surface area contributed by atoms with Gasteiger partial charge in [-0.1, -0.05) is 25.7 Å². The number of amides is 3. The standard InChI is InChI=1S/C26H37N5O2/c1-19-14-21(8-11-29(19)18-20-6-4-2-3-5-7-20)15-22-9-13-31-23(16-22)24(17-27-31)30-12-10-25(32)28-26(30)33/h9,13,16-17,19-21H,2-8,10-12,14-15,18H2,1H3,(H,28,32,33)/t19-,21?/m0/s1. The Bertz CT molecular complexity index is 994. The number of imide groups is 1. The molecule has 7 heteroatoms. The Morgan fingerprint density at radius 2 is 1.88 bits per heavy atom. The largest absolute Gasteiger partial charge is 0.328 e. The van der Waals surface area contributed by atoms with E-state index >= 15 is 0 Å². The van der Waals surface area contributed by atoms with Gasteiger partial charge in [0.25, 0.3) is 0 Å². The van der Waals surface area contributed by atoms with Gasteiger partial charge in [-0.2, -0.15) is 5.10 Å². The predicted molar refractivity (Wildman–Crippen MR) is 129 cm³/mol. The smallest absolute Gasteiger partial charge is 0.300 e. The molecule has 7 nitrogen and oxygen atoms in total. The zero-order valence-electron chi connectivity index (χ0n) is 19.8. The average Bonchev–Trinajstić information content (AvgIpc) is 3.02. The number of fused-ring (bicyclic) bond motifs is 1. The number of aromatic nitrogens is 2. The first-order valence-corrected chi connectivity index (χ1v) is 12.9. The van der Waals surface area contributed by atoms with Crippen LogP contribution in [-0.2, 0) is 11.2 Å². The van der Waals surface area contributed by atoms with Gasteiger partial charge >= 0.3 is 6.03 Å². The molecule has 1 saturated carbocycles. The van der Waals surface area contributed by atoms with E-state index in [4.69, 9.17) is 0 Å². The fourth-order valence-electron chi connectivity index (χ4n) is 6.13. The van der Waals surface area contributed by atoms with E-state index in [1.54, 1.807) is 11.1 Å². The van der Waals surface area contributed by atoms with Gasteiger partial charge in [-0.3, -0.25) is 15.0 Å². The summed E-state index contributed by atoms with van der Waals surface area (Å²) >= 11 is 0. The van der Waals surface area contributed by atoms with Crippen LogP contribution in [0, 0.1) is 11.8 Å². The molecule has 3 amide bonds. The van der Waals surface area contributed by atoms with Gasteiger partial charge in [0.15, 0.2) is 0 Å². The van der Waals surface area contributed by atoms with Gasteiger partial charge in [0.2, 0.25) is 5.91 Å². The Kier molecular flexibility index (Phi) is 6.67. The number of urea groups is 1. The average molecular weight is 452 g/mol. The number of pyridine rings is 1. The van der Waals surface area contributed by atoms with Crippen LogP contribution in [0.5, 0.6) is 0 Å². The fourth-order valence-corrected chi connectivity index (χ4v) is 6.13. The quantitative estimate of drug-likeness (QED) is 0.685. The van der Waals surface area contributed by atoms with Crippen molar-refractivity contribution >= 4 is 23.1 Å². The van der Waals surface area contributed by atoms with E-state index in [0.29, 0.717) is 24.9 Å². The monoisotopic (exact) mass is 451 g/mol. The van der Waals surface area contributed by atoms with Gasteiger partial charge in [0.05, 0.1) is 17.4 Å². The molecule has 0 aromatic carbocycles. The molecule has 5 rings (SSSR count). The number of hydrogen-bond acceptors (Lipinski definition) is 4. The molecule has 2 aliphatic heterocycles. The SMILES string of the molecule is C[C@H]1CC(Cc2ccn3ncc(N4CCC(=O)NC4=O)c3c2)CCN1CC1CCCCCC1. The van der Waals surface area contributed by atoms with Crippen molar-refractivity contribution in [1.82, 2.24) is 19.8 Å². The summed E-state index contributed by atoms with van der Waals surface area (Å²) in [6, 6.07) is 4.62. The van der Waals surface area contributed by atoms with Crippen molar-refractivity contribution in [1.29, 1.82) is 0 Å². The van der Waals surface area contributed by atoms with Crippen LogP contribution in [0.25, 0.3) is 5.52 Å². The maximum atomic E-state index is 12.3. The summed E-state index contributed by atoms with van der Waals surface area (Å²) in [5, 5.41) is 6.83. The second kappa shape index (κ2) is 9.84. The summed E-state index contributed by atoms with van der Waals surface area (Å²) in [5.41, 5.74) is 3.00. The minimum Gasteiger partial charge on any atom is -0.300 e. The molecule has 4 heterocycles. The first-order chi connectivity index (χ1) is 16.1. The molecular weight excluding hydrogens is 414 g/mol. The molecule has 2 saturated heterocycles. The Morgan fingerprint density at radius 3 is 2.64 bits per heavy atom. The molecule has 0 spiro atoms. The van der Waals surface area contributed by atoms with Gasteiger partial charge in [0.1, 0.15) is 0 Å². The predicted octanol–water partition coefficient (Wildman–Crippen LogP) is 4.39. The minimum atomic E-state index is -0.360. The summed E-state index contributed by atoms with van der Waals surface area (Å²) in [7, 11) is 0. The minimum absolute atomic E-state index is 0.215. The van der Waals surface area contributed by atoms with Gasteiger partial charge in [-0.15, -0.1) is 0 Å². The van der Waals surface area contributed by atoms with Crippen molar-refractivity contribution in [3.8, 4) is 0 Å². The molecule has 178 valence electrons. The van der Waals surface area contributed by atoms with Crippen LogP contribution in [0.15, 0.2) is 24.5 Å². The number of anilines is 1. The topological polar surface area (TPSA) is 70.0 Å². The lowest BCUT2D eigenvalue weighted by molar-refractivity contribution is -0.120. The van der Waals surface area contributed by atoms with Crippen LogP contribution in [0.1, 0.15) is 70.3 Å². The van der Waals surface area contributed by atoms with Gasteiger partial charge in [0, 0.05) is 31.7 Å². The van der Waals surface area contributed by atoms with E-state index in [1.807, 2.05) is 10.7 Å². The van der Waals surface area contributed by atoms with E-state index < -0.39 is 0 Å². The van der Waals surface area contributed by atoms with Gasteiger partial charge < -0.3 is 4.90 Å². The Labute approximate surface area is 196 Å². The highest BCUT2D eigenvalue weighted by Crippen LogP contribution is 2.31. The van der Waals surface area contributed by atoms with Crippen molar-refractivity contribution in [2.75, 3.05) is 24.5 Å². The molecule has 3 aliphatic rings. The summed E-state index contributed by atoms with van der Waals surface area (Å²) in [4.78, 5) is 28.2. The van der Waals surface area contributed by atoms with E-state index in [1.165, 1.54) is 70.0 Å². The highest BCUT2D eigenvalue weighted by molar-refractivity contribution is 6.07. The maximum Gasteiger partial charge on any atom is 0.328 e. The van der Waals surface area contributed by atoms with Crippen LogP contribution in [0.4, 0.5) is 10.5 Å². The van der Waals surface area contributed by atoms with Crippen LogP contribution in [0.2, 0.25) is 0 Å². The zero-order valence-corrected chi connectivity index (χ0v) is 19.8. The molecule has 33 heavy (non-hydrogen) atoms. The fraction of sp³-hybridized carbons (Fsp3) is 0.654. The van der Waals surface area contributed by atoms with Crippen molar-refractivity contribution in [2.45, 2.75) is 77.2 Å². The van der Waals surface area contributed by atoms with Crippen molar-refractivity contribution < 1.29 is 9.59 Å². The molecule has 1 aliphatic carbocycles. The number of nitrogens with zero attached hydrogens (tertiary/aromatic N) is 4. The maximum absolute atomic E-state index is 12.3. The highest BCUT2D eigenvalue weighted by Gasteiger charge is 2.29. The van der Waals surface area contributed by atoms with E-state index in [0.717, 1.165) is 23.5 Å². The summed E-state index contributed by atoms with van der Waals surface area (Å²) in [6.07, 6.45) is 16.1. The molecule has 1 unspecified atom stereocenters. The highest BCUT2D eigenvalue weighted by atomic mass is 16.2. The second-order valence-corrected chi connectivity index (χ2v) is 10.4. The number of carbonyl (C=O) groups excluding carboxylic acids is 2. The zero-order chi connectivity index (χ0) is 22.8. The molecule has 3 fully saturated rings. The molecule has 0 bridgehead atoms. The number of likely N-dealkylation sites (tertiary alicyclic amines) is 1. The normalized spacial score (nSPS) is 25.9. The number of rotatable bonds is 5. The summed E-state index contributed by atoms with van der Waals surface area (Å²) in [6.45, 7) is 5.31. The molecular formula is C26H37N5O2. The Hall–Kier alpha value is -2.41. The van der Waals surface area contributed by atoms with E-state index in [2.05, 4.69) is 34.4 Å². The summed E-state index contributed by atoms with van der Waals surface area (Å²) in [5.74, 6) is 1.37. The molecule has 1 N–H and O–H groups in total. The van der Waals surface area contributed by atoms with E-state index in [9.17, 15) is 9.59 Å². The lowest BCUT2D eigenvalue weighted by Gasteiger charge is -2.39. The summed E-state index contributed by atoms with van der Waals surface area (Å²) < 4.78 is 1.82. The van der Waals surface area contributed by atoms with Crippen LogP contribution >= 0.6 is 0 Å². The van der Waals surface area contributed by atoms with Crippen molar-refractivity contribution in [3.05, 3.63) is 30.1 Å². The second-order valence-electron chi connectivity index (χ2n) is 10.4. The number of carbonyl (C=O) groups is 2. The van der Waals surface area contributed by atoms with Gasteiger partial charge in [-0.05, 0) is 75.1 Å². The molecule has 2 aromatic rings. The van der Waals surface area contributed by atoms with Crippen LogP contribution in [-0.4, -0.2) is 52.1 Å². The lowest BCUT2D eigenvalue weighted by Crippen LogP contribution is -2.49. The third kappa shape index (κ3) is 5.08. The lowest BCUT2D eigenvalue weighted by atomic mass is 9.85. The first-order valence-electron chi connectivity index (χ1n) is 12.9.